The Labute approximate surface area is 156 Å². The van der Waals surface area contributed by atoms with E-state index < -0.39 is 0 Å². The highest BCUT2D eigenvalue weighted by Gasteiger charge is 2.27. The molecule has 0 N–H and O–H groups in total. The topological polar surface area (TPSA) is 13.1 Å². The minimum absolute atomic E-state index is 1.10. The van der Waals surface area contributed by atoms with Crippen molar-refractivity contribution in [2.45, 2.75) is 38.5 Å². The molecule has 1 heteroatoms. The van der Waals surface area contributed by atoms with Gasteiger partial charge in [-0.15, -0.1) is 0 Å². The highest BCUT2D eigenvalue weighted by atomic mass is 16.3. The second kappa shape index (κ2) is 4.20. The van der Waals surface area contributed by atoms with Gasteiger partial charge in [0.15, 0.2) is 0 Å². The molecule has 0 atom stereocenters. The summed E-state index contributed by atoms with van der Waals surface area (Å²) in [7, 11) is 0. The van der Waals surface area contributed by atoms with E-state index in [1.807, 2.05) is 0 Å². The molecule has 6 aromatic rings. The van der Waals surface area contributed by atoms with Crippen LogP contribution >= 0.6 is 0 Å². The summed E-state index contributed by atoms with van der Waals surface area (Å²) >= 11 is 0. The van der Waals surface area contributed by atoms with Gasteiger partial charge < -0.3 is 4.42 Å². The molecule has 0 saturated carbocycles. The molecule has 0 amide bonds. The van der Waals surface area contributed by atoms with E-state index >= 15 is 0 Å². The molecule has 8 rings (SSSR count). The highest BCUT2D eigenvalue weighted by molar-refractivity contribution is 6.40. The number of benzene rings is 5. The van der Waals surface area contributed by atoms with E-state index in [9.17, 15) is 0 Å². The van der Waals surface area contributed by atoms with Gasteiger partial charge in [-0.05, 0) is 94.5 Å². The minimum Gasteiger partial charge on any atom is -0.456 e. The summed E-state index contributed by atoms with van der Waals surface area (Å²) in [5.74, 6) is 0. The third-order valence-corrected chi connectivity index (χ3v) is 7.37. The Balaban J connectivity index is 1.81. The Morgan fingerprint density at radius 1 is 0.481 bits per heavy atom. The average molecular weight is 346 g/mol. The van der Waals surface area contributed by atoms with Crippen LogP contribution in [0.15, 0.2) is 40.8 Å². The van der Waals surface area contributed by atoms with Crippen molar-refractivity contribution in [3.05, 3.63) is 58.7 Å². The summed E-state index contributed by atoms with van der Waals surface area (Å²) in [6.45, 7) is 0. The maximum atomic E-state index is 6.51. The van der Waals surface area contributed by atoms with Crippen molar-refractivity contribution in [2.24, 2.45) is 0 Å². The quantitative estimate of drug-likeness (QED) is 0.215. The van der Waals surface area contributed by atoms with Crippen molar-refractivity contribution in [3.8, 4) is 0 Å². The highest BCUT2D eigenvalue weighted by Crippen LogP contribution is 2.50. The molecule has 5 aromatic carbocycles. The normalized spacial score (nSPS) is 16.7. The van der Waals surface area contributed by atoms with E-state index in [4.69, 9.17) is 4.42 Å². The van der Waals surface area contributed by atoms with Gasteiger partial charge in [0.25, 0.3) is 0 Å². The zero-order chi connectivity index (χ0) is 17.3. The number of hydrogen-bond acceptors (Lipinski definition) is 1. The number of aryl methyl sites for hydroxylation is 4. The first-order chi connectivity index (χ1) is 13.4. The lowest BCUT2D eigenvalue weighted by Crippen LogP contribution is -2.04. The van der Waals surface area contributed by atoms with Gasteiger partial charge in [0.2, 0.25) is 0 Å². The fourth-order valence-electron chi connectivity index (χ4n) is 6.37. The van der Waals surface area contributed by atoms with Crippen molar-refractivity contribution < 1.29 is 4.42 Å². The van der Waals surface area contributed by atoms with Crippen LogP contribution in [0.2, 0.25) is 0 Å². The van der Waals surface area contributed by atoms with Gasteiger partial charge in [-0.25, -0.2) is 0 Å². The van der Waals surface area contributed by atoms with Gasteiger partial charge in [-0.1, -0.05) is 24.3 Å². The molecule has 0 unspecified atom stereocenters. The molecule has 2 aliphatic rings. The number of rotatable bonds is 0. The molecule has 0 aliphatic heterocycles. The molecule has 0 bridgehead atoms. The van der Waals surface area contributed by atoms with Crippen LogP contribution in [0.4, 0.5) is 0 Å². The summed E-state index contributed by atoms with van der Waals surface area (Å²) in [5, 5.41) is 11.6. The predicted octanol–water partition coefficient (Wildman–Crippen LogP) is 6.90. The monoisotopic (exact) mass is 346 g/mol. The Kier molecular flexibility index (Phi) is 2.08. The molecule has 128 valence electrons. The molecule has 0 fully saturated rings. The maximum Gasteiger partial charge on any atom is 0.136 e. The lowest BCUT2D eigenvalue weighted by atomic mass is 9.80. The second-order valence-electron chi connectivity index (χ2n) is 8.67. The van der Waals surface area contributed by atoms with Gasteiger partial charge in [0.05, 0.1) is 0 Å². The van der Waals surface area contributed by atoms with Crippen molar-refractivity contribution in [3.63, 3.8) is 0 Å². The van der Waals surface area contributed by atoms with E-state index in [1.165, 1.54) is 104 Å². The Morgan fingerprint density at radius 2 is 0.963 bits per heavy atom. The fourth-order valence-corrected chi connectivity index (χ4v) is 6.37. The number of hydrogen-bond donors (Lipinski definition) is 0. The lowest BCUT2D eigenvalue weighted by molar-refractivity contribution is 0.666. The van der Waals surface area contributed by atoms with Crippen LogP contribution in [0.25, 0.3) is 54.3 Å². The molecule has 1 heterocycles. The van der Waals surface area contributed by atoms with E-state index in [2.05, 4.69) is 36.4 Å². The van der Waals surface area contributed by atoms with E-state index in [0.717, 1.165) is 11.2 Å². The number of fused-ring (bicyclic) bond motifs is 1. The van der Waals surface area contributed by atoms with Crippen LogP contribution in [-0.2, 0) is 25.7 Å². The maximum absolute atomic E-state index is 6.51. The summed E-state index contributed by atoms with van der Waals surface area (Å²) in [5.41, 5.74) is 8.23. The van der Waals surface area contributed by atoms with Crippen LogP contribution in [0.3, 0.4) is 0 Å². The first-order valence-corrected chi connectivity index (χ1v) is 10.3. The van der Waals surface area contributed by atoms with E-state index in [0.29, 0.717) is 0 Å². The second-order valence-corrected chi connectivity index (χ2v) is 8.67. The standard InChI is InChI=1S/C26H18O/c1-3-13-7-9-17-18-10-8-14-4-2-6-16-12-20-26(24(18)22(14)16)25-19(27-20)11-15(5-1)21(13)23(17)25/h7-12H,1-6H2. The smallest absolute Gasteiger partial charge is 0.136 e. The summed E-state index contributed by atoms with van der Waals surface area (Å²) in [4.78, 5) is 0. The van der Waals surface area contributed by atoms with Crippen molar-refractivity contribution in [1.29, 1.82) is 0 Å². The molecule has 27 heavy (non-hydrogen) atoms. The van der Waals surface area contributed by atoms with Crippen LogP contribution in [0.5, 0.6) is 0 Å². The Bertz CT molecular complexity index is 1450. The Hall–Kier alpha value is -2.80. The largest absolute Gasteiger partial charge is 0.456 e. The summed E-state index contributed by atoms with van der Waals surface area (Å²) in [6.07, 6.45) is 7.26. The first kappa shape index (κ1) is 13.4. The SMILES string of the molecule is c1cc2c3ccc4c5c(cc6oc7cc8c(c1CCC8)c2c7c6c53)CCC4. The zero-order valence-corrected chi connectivity index (χ0v) is 15.1. The Morgan fingerprint density at radius 3 is 1.48 bits per heavy atom. The van der Waals surface area contributed by atoms with Crippen LogP contribution < -0.4 is 0 Å². The summed E-state index contributed by atoms with van der Waals surface area (Å²) < 4.78 is 6.51. The predicted molar refractivity (Wildman–Crippen MR) is 113 cm³/mol. The minimum atomic E-state index is 1.10. The third kappa shape index (κ3) is 1.37. The van der Waals surface area contributed by atoms with Gasteiger partial charge in [0, 0.05) is 21.5 Å². The lowest BCUT2D eigenvalue weighted by Gasteiger charge is -2.23. The van der Waals surface area contributed by atoms with Crippen molar-refractivity contribution in [2.75, 3.05) is 0 Å². The summed E-state index contributed by atoms with van der Waals surface area (Å²) in [6, 6.07) is 14.3. The molecule has 2 aliphatic carbocycles. The molecule has 0 spiro atoms. The van der Waals surface area contributed by atoms with Crippen LogP contribution in [0.1, 0.15) is 35.1 Å². The molecule has 0 radical (unpaired) electrons. The molecule has 1 aromatic heterocycles. The van der Waals surface area contributed by atoms with Gasteiger partial charge in [-0.3, -0.25) is 0 Å². The van der Waals surface area contributed by atoms with E-state index in [-0.39, 0.29) is 0 Å². The molecular formula is C26H18O. The fraction of sp³-hybridized carbons (Fsp3) is 0.231. The van der Waals surface area contributed by atoms with Gasteiger partial charge in [-0.2, -0.15) is 0 Å². The zero-order valence-electron chi connectivity index (χ0n) is 15.1. The molecular weight excluding hydrogens is 328 g/mol. The third-order valence-electron chi connectivity index (χ3n) is 7.37. The molecule has 1 nitrogen and oxygen atoms in total. The van der Waals surface area contributed by atoms with Crippen molar-refractivity contribution >= 4 is 54.3 Å². The van der Waals surface area contributed by atoms with E-state index in [1.54, 1.807) is 0 Å². The first-order valence-electron chi connectivity index (χ1n) is 10.3. The van der Waals surface area contributed by atoms with Crippen LogP contribution in [-0.4, -0.2) is 0 Å². The van der Waals surface area contributed by atoms with Gasteiger partial charge in [0.1, 0.15) is 11.2 Å². The van der Waals surface area contributed by atoms with Crippen LogP contribution in [0, 0.1) is 0 Å². The van der Waals surface area contributed by atoms with Crippen molar-refractivity contribution in [1.82, 2.24) is 0 Å². The van der Waals surface area contributed by atoms with Gasteiger partial charge >= 0.3 is 0 Å². The number of furan rings is 1. The average Bonchev–Trinajstić information content (AvgIpc) is 3.07. The molecule has 0 saturated heterocycles.